The summed E-state index contributed by atoms with van der Waals surface area (Å²) in [4.78, 5) is 0. The number of nitrogens with zero attached hydrogens (tertiary/aromatic N) is 1. The smallest absolute Gasteiger partial charge is 0.120 e. The van der Waals surface area contributed by atoms with E-state index in [1.807, 2.05) is 12.1 Å². The van der Waals surface area contributed by atoms with Gasteiger partial charge in [0, 0.05) is 12.5 Å². The van der Waals surface area contributed by atoms with E-state index < -0.39 is 0 Å². The van der Waals surface area contributed by atoms with Crippen LogP contribution in [0, 0.1) is 17.2 Å². The maximum Gasteiger partial charge on any atom is 0.120 e. The summed E-state index contributed by atoms with van der Waals surface area (Å²) in [7, 11) is 0. The van der Waals surface area contributed by atoms with E-state index in [4.69, 9.17) is 10.00 Å². The van der Waals surface area contributed by atoms with Gasteiger partial charge >= 0.3 is 0 Å². The third-order valence-corrected chi connectivity index (χ3v) is 2.61. The van der Waals surface area contributed by atoms with Crippen molar-refractivity contribution in [1.29, 1.82) is 5.26 Å². The minimum atomic E-state index is 0.607. The molecule has 1 aliphatic heterocycles. The Bertz CT molecular complexity index is 364. The molecule has 15 heavy (non-hydrogen) atoms. The van der Waals surface area contributed by atoms with Crippen LogP contribution in [0.1, 0.15) is 12.0 Å². The largest absolute Gasteiger partial charge is 0.493 e. The first-order valence-electron chi connectivity index (χ1n) is 5.22. The number of ether oxygens (including phenoxy) is 1. The van der Waals surface area contributed by atoms with E-state index in [0.29, 0.717) is 11.5 Å². The van der Waals surface area contributed by atoms with Gasteiger partial charge in [-0.1, -0.05) is 6.07 Å². The van der Waals surface area contributed by atoms with Crippen LogP contribution in [0.2, 0.25) is 0 Å². The fourth-order valence-corrected chi connectivity index (χ4v) is 1.73. The molecule has 0 aromatic heterocycles. The van der Waals surface area contributed by atoms with Gasteiger partial charge in [-0.25, -0.2) is 0 Å². The summed E-state index contributed by atoms with van der Waals surface area (Å²) in [6.45, 7) is 2.87. The zero-order valence-electron chi connectivity index (χ0n) is 8.57. The van der Waals surface area contributed by atoms with E-state index in [1.54, 1.807) is 12.1 Å². The predicted molar refractivity (Wildman–Crippen MR) is 57.6 cm³/mol. The molecule has 1 heterocycles. The van der Waals surface area contributed by atoms with Crippen LogP contribution in [0.15, 0.2) is 24.3 Å². The van der Waals surface area contributed by atoms with Crippen LogP contribution in [-0.4, -0.2) is 19.7 Å². The fourth-order valence-electron chi connectivity index (χ4n) is 1.73. The van der Waals surface area contributed by atoms with Crippen LogP contribution in [0.25, 0.3) is 0 Å². The molecule has 0 unspecified atom stereocenters. The lowest BCUT2D eigenvalue weighted by Crippen LogP contribution is -2.15. The number of hydrogen-bond acceptors (Lipinski definition) is 3. The van der Waals surface area contributed by atoms with E-state index in [-0.39, 0.29) is 0 Å². The monoisotopic (exact) mass is 202 g/mol. The molecule has 3 nitrogen and oxygen atoms in total. The Morgan fingerprint density at radius 2 is 2.47 bits per heavy atom. The summed E-state index contributed by atoms with van der Waals surface area (Å²) in [5.41, 5.74) is 0.650. The van der Waals surface area contributed by atoms with Crippen molar-refractivity contribution in [3.63, 3.8) is 0 Å². The molecule has 0 radical (unpaired) electrons. The van der Waals surface area contributed by atoms with E-state index >= 15 is 0 Å². The summed E-state index contributed by atoms with van der Waals surface area (Å²) < 4.78 is 5.64. The number of nitrogens with one attached hydrogen (secondary N) is 1. The van der Waals surface area contributed by atoms with Crippen molar-refractivity contribution < 1.29 is 4.74 Å². The zero-order valence-corrected chi connectivity index (χ0v) is 8.57. The second kappa shape index (κ2) is 4.81. The summed E-state index contributed by atoms with van der Waals surface area (Å²) >= 11 is 0. The highest BCUT2D eigenvalue weighted by molar-refractivity contribution is 5.36. The van der Waals surface area contributed by atoms with Crippen LogP contribution >= 0.6 is 0 Å². The Morgan fingerprint density at radius 1 is 1.53 bits per heavy atom. The van der Waals surface area contributed by atoms with Crippen molar-refractivity contribution >= 4 is 0 Å². The van der Waals surface area contributed by atoms with Crippen LogP contribution < -0.4 is 10.1 Å². The van der Waals surface area contributed by atoms with E-state index in [1.165, 1.54) is 6.42 Å². The number of nitriles is 1. The molecule has 78 valence electrons. The summed E-state index contributed by atoms with van der Waals surface area (Å²) in [6.07, 6.45) is 1.18. The Balaban J connectivity index is 1.90. The zero-order chi connectivity index (χ0) is 10.5. The van der Waals surface area contributed by atoms with E-state index in [0.717, 1.165) is 25.4 Å². The predicted octanol–water partition coefficient (Wildman–Crippen LogP) is 1.55. The highest BCUT2D eigenvalue weighted by Crippen LogP contribution is 2.15. The molecule has 0 amide bonds. The highest BCUT2D eigenvalue weighted by Gasteiger charge is 2.14. The lowest BCUT2D eigenvalue weighted by atomic mass is 10.1. The van der Waals surface area contributed by atoms with Gasteiger partial charge in [0.25, 0.3) is 0 Å². The van der Waals surface area contributed by atoms with Gasteiger partial charge in [0.1, 0.15) is 5.75 Å². The normalized spacial score (nSPS) is 19.8. The first kappa shape index (κ1) is 10.0. The minimum absolute atomic E-state index is 0.607. The minimum Gasteiger partial charge on any atom is -0.493 e. The maximum absolute atomic E-state index is 8.73. The van der Waals surface area contributed by atoms with Crippen molar-refractivity contribution in [2.45, 2.75) is 6.42 Å². The Morgan fingerprint density at radius 3 is 3.20 bits per heavy atom. The third kappa shape index (κ3) is 2.71. The molecule has 0 bridgehead atoms. The van der Waals surface area contributed by atoms with Crippen LogP contribution in [0.5, 0.6) is 5.75 Å². The molecule has 1 N–H and O–H groups in total. The average Bonchev–Trinajstić information content (AvgIpc) is 2.79. The fraction of sp³-hybridized carbons (Fsp3) is 0.417. The van der Waals surface area contributed by atoms with E-state index in [9.17, 15) is 0 Å². The molecule has 0 aliphatic carbocycles. The second-order valence-corrected chi connectivity index (χ2v) is 3.81. The standard InChI is InChI=1S/C12H14N2O/c13-7-10-2-1-3-12(6-10)15-9-11-4-5-14-8-11/h1-3,6,11,14H,4-5,8-9H2/t11-/m0/s1. The maximum atomic E-state index is 8.73. The van der Waals surface area contributed by atoms with Crippen molar-refractivity contribution in [2.24, 2.45) is 5.92 Å². The first-order chi connectivity index (χ1) is 7.38. The van der Waals surface area contributed by atoms with Crippen molar-refractivity contribution in [3.8, 4) is 11.8 Å². The van der Waals surface area contributed by atoms with Gasteiger partial charge in [0.15, 0.2) is 0 Å². The van der Waals surface area contributed by atoms with Gasteiger partial charge in [0.2, 0.25) is 0 Å². The lowest BCUT2D eigenvalue weighted by Gasteiger charge is -2.10. The first-order valence-corrected chi connectivity index (χ1v) is 5.22. The Kier molecular flexibility index (Phi) is 3.21. The number of benzene rings is 1. The van der Waals surface area contributed by atoms with Gasteiger partial charge in [-0.05, 0) is 31.2 Å². The quantitative estimate of drug-likeness (QED) is 0.808. The molecule has 1 saturated heterocycles. The van der Waals surface area contributed by atoms with Crippen molar-refractivity contribution in [2.75, 3.05) is 19.7 Å². The summed E-state index contributed by atoms with van der Waals surface area (Å²) in [5.74, 6) is 1.40. The lowest BCUT2D eigenvalue weighted by molar-refractivity contribution is 0.260. The topological polar surface area (TPSA) is 45.0 Å². The molecule has 1 atom stereocenters. The van der Waals surface area contributed by atoms with Crippen LogP contribution in [0.3, 0.4) is 0 Å². The second-order valence-electron chi connectivity index (χ2n) is 3.81. The molecule has 1 aromatic rings. The van der Waals surface area contributed by atoms with Gasteiger partial charge in [0.05, 0.1) is 18.2 Å². The molecule has 1 aliphatic rings. The number of rotatable bonds is 3. The van der Waals surface area contributed by atoms with Gasteiger partial charge in [-0.2, -0.15) is 5.26 Å². The molecule has 0 spiro atoms. The molecular weight excluding hydrogens is 188 g/mol. The summed E-state index contributed by atoms with van der Waals surface area (Å²) in [6, 6.07) is 9.40. The Hall–Kier alpha value is -1.53. The summed E-state index contributed by atoms with van der Waals surface area (Å²) in [5, 5.41) is 12.0. The van der Waals surface area contributed by atoms with Crippen molar-refractivity contribution in [3.05, 3.63) is 29.8 Å². The van der Waals surface area contributed by atoms with Gasteiger partial charge in [-0.15, -0.1) is 0 Å². The Labute approximate surface area is 89.7 Å². The van der Waals surface area contributed by atoms with Crippen LogP contribution in [-0.2, 0) is 0 Å². The van der Waals surface area contributed by atoms with E-state index in [2.05, 4.69) is 11.4 Å². The third-order valence-electron chi connectivity index (χ3n) is 2.61. The average molecular weight is 202 g/mol. The highest BCUT2D eigenvalue weighted by atomic mass is 16.5. The SMILES string of the molecule is N#Cc1cccc(OC[C@H]2CCNC2)c1. The van der Waals surface area contributed by atoms with Gasteiger partial charge in [-0.3, -0.25) is 0 Å². The van der Waals surface area contributed by atoms with Crippen molar-refractivity contribution in [1.82, 2.24) is 5.32 Å². The van der Waals surface area contributed by atoms with Gasteiger partial charge < -0.3 is 10.1 Å². The molecular formula is C12H14N2O. The molecule has 1 aromatic carbocycles. The molecule has 0 saturated carbocycles. The van der Waals surface area contributed by atoms with Crippen LogP contribution in [0.4, 0.5) is 0 Å². The molecule has 1 fully saturated rings. The molecule has 3 heteroatoms. The molecule has 2 rings (SSSR count). The number of hydrogen-bond donors (Lipinski definition) is 1.